The number of nitrogens with zero attached hydrogens (tertiary/aromatic N) is 2. The molecule has 2 rings (SSSR count). The number of aryl methyl sites for hydroxylation is 2. The molecule has 0 saturated carbocycles. The van der Waals surface area contributed by atoms with Crippen LogP contribution in [0, 0.1) is 13.8 Å². The third kappa shape index (κ3) is 26.9. The minimum absolute atomic E-state index is 1.26. The molecular weight excluding hydrogens is 522 g/mol. The van der Waals surface area contributed by atoms with Crippen LogP contribution in [0.5, 0.6) is 0 Å². The zero-order valence-electron chi connectivity index (χ0n) is 12.2. The van der Waals surface area contributed by atoms with Gasteiger partial charge in [0.05, 0.1) is 0 Å². The summed E-state index contributed by atoms with van der Waals surface area (Å²) in [7, 11) is 0. The second-order valence-corrected chi connectivity index (χ2v) is 3.05. The van der Waals surface area contributed by atoms with E-state index in [1.165, 1.54) is 28.3 Å². The number of hydrogen-bond acceptors (Lipinski definition) is 5. The Hall–Kier alpha value is -1.55. The van der Waals surface area contributed by atoms with Crippen molar-refractivity contribution >= 4 is 33.8 Å². The average molecular weight is 539 g/mol. The van der Waals surface area contributed by atoms with Gasteiger partial charge in [0.25, 0.3) is 0 Å². The second kappa shape index (κ2) is 31.7. The first kappa shape index (κ1) is 28.6. The van der Waals surface area contributed by atoms with E-state index in [1.54, 1.807) is 24.8 Å². The van der Waals surface area contributed by atoms with Gasteiger partial charge in [-0.25, -0.2) is 0 Å². The summed E-state index contributed by atoms with van der Waals surface area (Å²) in [5.41, 5.74) is 2.52. The van der Waals surface area contributed by atoms with E-state index in [0.29, 0.717) is 0 Å². The van der Waals surface area contributed by atoms with Gasteiger partial charge >= 0.3 is 30.6 Å². The molecule has 0 aliphatic heterocycles. The van der Waals surface area contributed by atoms with Crippen LogP contribution in [0.1, 0.15) is 11.1 Å². The van der Waals surface area contributed by atoms with Gasteiger partial charge in [-0.1, -0.05) is 0 Å². The van der Waals surface area contributed by atoms with E-state index in [1.807, 2.05) is 38.1 Å². The molecule has 0 aromatic carbocycles. The van der Waals surface area contributed by atoms with Crippen molar-refractivity contribution in [3.05, 3.63) is 60.2 Å². The predicted octanol–water partition coefficient (Wildman–Crippen LogP) is 2.80. The number of hydrogen-bond donors (Lipinski definition) is 0. The molecular formula is C15H17BrN2O3Re-3. The SMILES string of the molecule is Cc1ccncc1.Cc1ccncc1.[Br][Re].[CH-]=O.[CH-]=O.[CH-]=O. The summed E-state index contributed by atoms with van der Waals surface area (Å²) in [6.45, 7) is 13.8. The van der Waals surface area contributed by atoms with Crippen LogP contribution < -0.4 is 0 Å². The normalized spacial score (nSPS) is 6.36. The van der Waals surface area contributed by atoms with E-state index < -0.39 is 0 Å². The van der Waals surface area contributed by atoms with Gasteiger partial charge in [-0.05, 0) is 49.2 Å². The van der Waals surface area contributed by atoms with E-state index in [0.717, 1.165) is 0 Å². The van der Waals surface area contributed by atoms with Crippen LogP contribution in [0.15, 0.2) is 49.1 Å². The van der Waals surface area contributed by atoms with E-state index in [4.69, 9.17) is 14.4 Å². The Morgan fingerprint density at radius 1 is 0.682 bits per heavy atom. The molecule has 0 bridgehead atoms. The van der Waals surface area contributed by atoms with Crippen LogP contribution in [0.4, 0.5) is 0 Å². The summed E-state index contributed by atoms with van der Waals surface area (Å²) >= 11 is 4.53. The van der Waals surface area contributed by atoms with Crippen molar-refractivity contribution in [1.29, 1.82) is 0 Å². The van der Waals surface area contributed by atoms with Crippen molar-refractivity contribution in [1.82, 2.24) is 9.97 Å². The molecule has 22 heavy (non-hydrogen) atoms. The molecule has 0 radical (unpaired) electrons. The number of rotatable bonds is 0. The molecule has 5 nitrogen and oxygen atoms in total. The van der Waals surface area contributed by atoms with Crippen molar-refractivity contribution in [2.24, 2.45) is 0 Å². The quantitative estimate of drug-likeness (QED) is 0.380. The summed E-state index contributed by atoms with van der Waals surface area (Å²) in [6.07, 6.45) is 7.15. The molecule has 0 fully saturated rings. The Labute approximate surface area is 149 Å². The number of aromatic nitrogens is 2. The maximum Gasteiger partial charge on any atom is -0.282 e. The third-order valence-electron chi connectivity index (χ3n) is 1.69. The molecule has 0 aliphatic rings. The van der Waals surface area contributed by atoms with Crippen LogP contribution in [0.2, 0.25) is 0 Å². The monoisotopic (exact) mass is 539 g/mol. The van der Waals surface area contributed by atoms with Crippen molar-refractivity contribution in [2.45, 2.75) is 13.8 Å². The summed E-state index contributed by atoms with van der Waals surface area (Å²) in [6, 6.07) is 7.89. The Morgan fingerprint density at radius 2 is 0.864 bits per heavy atom. The van der Waals surface area contributed by atoms with E-state index in [-0.39, 0.29) is 0 Å². The topological polar surface area (TPSA) is 77.0 Å². The van der Waals surface area contributed by atoms with Gasteiger partial charge in [0, 0.05) is 24.8 Å². The van der Waals surface area contributed by atoms with Gasteiger partial charge < -0.3 is 14.4 Å². The molecule has 0 N–H and O–H groups in total. The smallest absolute Gasteiger partial charge is 0.282 e. The summed E-state index contributed by atoms with van der Waals surface area (Å²) in [5, 5.41) is 0. The van der Waals surface area contributed by atoms with E-state index in [9.17, 15) is 0 Å². The van der Waals surface area contributed by atoms with E-state index >= 15 is 0 Å². The van der Waals surface area contributed by atoms with Crippen LogP contribution in [0.3, 0.4) is 0 Å². The fourth-order valence-corrected chi connectivity index (χ4v) is 0.853. The molecule has 2 aromatic rings. The Bertz CT molecular complexity index is 366. The Kier molecular flexibility index (Phi) is 41.2. The van der Waals surface area contributed by atoms with Gasteiger partial charge in [-0.3, -0.25) is 30.3 Å². The first-order chi connectivity index (χ1) is 10.8. The van der Waals surface area contributed by atoms with Crippen LogP contribution in [-0.2, 0) is 31.6 Å². The molecule has 0 unspecified atom stereocenters. The minimum Gasteiger partial charge on any atom is -0.545 e. The summed E-state index contributed by atoms with van der Waals surface area (Å²) in [5.74, 6) is 0. The van der Waals surface area contributed by atoms with Crippen molar-refractivity contribution in [2.75, 3.05) is 0 Å². The van der Waals surface area contributed by atoms with Crippen molar-refractivity contribution in [3.8, 4) is 0 Å². The van der Waals surface area contributed by atoms with Gasteiger partial charge in [0.2, 0.25) is 0 Å². The fourth-order valence-electron chi connectivity index (χ4n) is 0.853. The molecule has 0 amide bonds. The maximum atomic E-state index is 7.75. The summed E-state index contributed by atoms with van der Waals surface area (Å²) < 4.78 is 0. The second-order valence-electron chi connectivity index (χ2n) is 3.05. The maximum absolute atomic E-state index is 7.75. The molecule has 0 saturated heterocycles. The summed E-state index contributed by atoms with van der Waals surface area (Å²) in [4.78, 5) is 30.9. The van der Waals surface area contributed by atoms with Gasteiger partial charge in [0.15, 0.2) is 0 Å². The van der Waals surface area contributed by atoms with Crippen LogP contribution >= 0.6 is 13.4 Å². The average Bonchev–Trinajstić information content (AvgIpc) is 2.64. The zero-order valence-corrected chi connectivity index (χ0v) is 16.5. The third-order valence-corrected chi connectivity index (χ3v) is 1.69. The van der Waals surface area contributed by atoms with E-state index in [2.05, 4.69) is 43.8 Å². The molecule has 122 valence electrons. The van der Waals surface area contributed by atoms with Gasteiger partial charge in [-0.15, -0.1) is 0 Å². The van der Waals surface area contributed by atoms with Gasteiger partial charge in [0.1, 0.15) is 0 Å². The molecule has 2 heterocycles. The van der Waals surface area contributed by atoms with Crippen molar-refractivity contribution < 1.29 is 31.6 Å². The molecule has 2 aromatic heterocycles. The largest absolute Gasteiger partial charge is 0.545 e. The molecule has 0 aliphatic carbocycles. The zero-order chi connectivity index (χ0) is 18.2. The minimum atomic E-state index is 1.26. The van der Waals surface area contributed by atoms with Crippen LogP contribution in [0.25, 0.3) is 0 Å². The molecule has 0 spiro atoms. The Morgan fingerprint density at radius 3 is 0.955 bits per heavy atom. The first-order valence-corrected chi connectivity index (χ1v) is 11.3. The fraction of sp³-hybridized carbons (Fsp3) is 0.133. The number of carbonyl (C=O) groups excluding carboxylic acids is 3. The first-order valence-electron chi connectivity index (χ1n) is 5.37. The standard InChI is InChI=1S/2C6H7N.3CHO.BrH.Re/c2*1-6-2-4-7-5-3-6;3*1-2;;/h2*2-5H,1H3;3*1H;1H;/q;;3*-1;;+1/p-1. The van der Waals surface area contributed by atoms with Crippen molar-refractivity contribution in [3.63, 3.8) is 0 Å². The number of pyridine rings is 2. The molecule has 7 heteroatoms. The van der Waals surface area contributed by atoms with Crippen LogP contribution in [-0.4, -0.2) is 30.3 Å². The van der Waals surface area contributed by atoms with Gasteiger partial charge in [-0.2, -0.15) is 0 Å². The molecule has 0 atom stereocenters. The predicted molar refractivity (Wildman–Crippen MR) is 87.1 cm³/mol. The number of halogens is 1. The Balaban J connectivity index is -0.000000102.